The van der Waals surface area contributed by atoms with E-state index in [1.165, 1.54) is 4.90 Å². The molecule has 4 fully saturated rings. The average molecular weight is 603 g/mol. The van der Waals surface area contributed by atoms with E-state index in [-0.39, 0.29) is 35.5 Å². The molecule has 4 rings (SSSR count). The van der Waals surface area contributed by atoms with Crippen LogP contribution in [0.25, 0.3) is 0 Å². The second kappa shape index (κ2) is 11.7. The zero-order valence-corrected chi connectivity index (χ0v) is 26.9. The van der Waals surface area contributed by atoms with Crippen molar-refractivity contribution in [3.63, 3.8) is 0 Å². The molecule has 43 heavy (non-hydrogen) atoms. The van der Waals surface area contributed by atoms with Gasteiger partial charge in [-0.3, -0.25) is 24.0 Å². The van der Waals surface area contributed by atoms with Gasteiger partial charge in [-0.1, -0.05) is 34.6 Å². The summed E-state index contributed by atoms with van der Waals surface area (Å²) in [7, 11) is 0. The van der Waals surface area contributed by atoms with Gasteiger partial charge in [0.25, 0.3) is 5.91 Å². The van der Waals surface area contributed by atoms with E-state index in [4.69, 9.17) is 0 Å². The van der Waals surface area contributed by atoms with Crippen LogP contribution in [-0.2, 0) is 24.0 Å². The van der Waals surface area contributed by atoms with E-state index in [2.05, 4.69) is 40.4 Å². The summed E-state index contributed by atoms with van der Waals surface area (Å²) in [5, 5.41) is 13.9. The third kappa shape index (κ3) is 7.49. The minimum Gasteiger partial charge on any atom is -0.356 e. The first kappa shape index (κ1) is 32.7. The number of piperidine rings is 1. The molecule has 0 aromatic carbocycles. The van der Waals surface area contributed by atoms with Crippen LogP contribution < -0.4 is 26.6 Å². The fourth-order valence-corrected chi connectivity index (χ4v) is 6.58. The molecular formula is C31H50N6O6. The Labute approximate surface area is 254 Å². The summed E-state index contributed by atoms with van der Waals surface area (Å²) in [6.07, 6.45) is 2.51. The Balaban J connectivity index is 1.55. The number of hydrogen-bond acceptors (Lipinski definition) is 6. The fraction of sp³-hybridized carbons (Fsp3) is 0.806. The Morgan fingerprint density at radius 3 is 2.19 bits per heavy atom. The summed E-state index contributed by atoms with van der Waals surface area (Å²) < 4.78 is 0. The Bertz CT molecular complexity index is 1170. The third-order valence-electron chi connectivity index (χ3n) is 9.43. The van der Waals surface area contributed by atoms with E-state index in [1.54, 1.807) is 0 Å². The van der Waals surface area contributed by atoms with Crippen LogP contribution >= 0.6 is 0 Å². The number of ketones is 1. The maximum Gasteiger partial charge on any atom is 0.315 e. The van der Waals surface area contributed by atoms with Gasteiger partial charge in [-0.15, -0.1) is 0 Å². The minimum atomic E-state index is -1.20. The third-order valence-corrected chi connectivity index (χ3v) is 9.43. The summed E-state index contributed by atoms with van der Waals surface area (Å²) in [6, 6.07) is -3.48. The van der Waals surface area contributed by atoms with Gasteiger partial charge >= 0.3 is 6.03 Å². The van der Waals surface area contributed by atoms with Crippen molar-refractivity contribution in [3.05, 3.63) is 0 Å². The summed E-state index contributed by atoms with van der Waals surface area (Å²) in [5.41, 5.74) is -1.37. The zero-order valence-electron chi connectivity index (χ0n) is 26.9. The highest BCUT2D eigenvalue weighted by Crippen LogP contribution is 2.65. The second-order valence-corrected chi connectivity index (χ2v) is 15.6. The molecule has 2 aliphatic heterocycles. The molecule has 6 atom stereocenters. The van der Waals surface area contributed by atoms with Crippen LogP contribution in [0.5, 0.6) is 0 Å². The van der Waals surface area contributed by atoms with Crippen molar-refractivity contribution in [2.75, 3.05) is 19.6 Å². The summed E-state index contributed by atoms with van der Waals surface area (Å²) >= 11 is 0. The number of amides is 6. The number of carbonyl (C=O) groups is 6. The van der Waals surface area contributed by atoms with Gasteiger partial charge in [-0.25, -0.2) is 4.79 Å². The highest BCUT2D eigenvalue weighted by Gasteiger charge is 2.70. The number of nitrogens with zero attached hydrogens (tertiary/aromatic N) is 1. The Morgan fingerprint density at radius 2 is 1.65 bits per heavy atom. The molecule has 2 heterocycles. The van der Waals surface area contributed by atoms with Crippen molar-refractivity contribution in [1.29, 1.82) is 0 Å². The van der Waals surface area contributed by atoms with Crippen LogP contribution in [0.15, 0.2) is 0 Å². The Kier molecular flexibility index (Phi) is 8.92. The zero-order chi connectivity index (χ0) is 32.1. The SMILES string of the molecule is CC(C)(C)NC(=O)NC(C(=O)N1C[C@H]2[C@@H]([C@H]1C(=O)NC(CC1CCNC1=O)C(=O)C(=O)NCC1CC1)C2(C)C)C(C)(C)C. The summed E-state index contributed by atoms with van der Waals surface area (Å²) in [5.74, 6) is -2.88. The smallest absolute Gasteiger partial charge is 0.315 e. The van der Waals surface area contributed by atoms with Crippen molar-refractivity contribution in [2.45, 2.75) is 105 Å². The quantitative estimate of drug-likeness (QED) is 0.235. The number of urea groups is 1. The summed E-state index contributed by atoms with van der Waals surface area (Å²) in [4.78, 5) is 81.0. The van der Waals surface area contributed by atoms with Gasteiger partial charge in [0.15, 0.2) is 0 Å². The van der Waals surface area contributed by atoms with Crippen LogP contribution in [0.1, 0.15) is 81.1 Å². The molecular weight excluding hydrogens is 552 g/mol. The molecule has 3 unspecified atom stereocenters. The first-order chi connectivity index (χ1) is 19.8. The second-order valence-electron chi connectivity index (χ2n) is 15.6. The first-order valence-corrected chi connectivity index (χ1v) is 15.6. The van der Waals surface area contributed by atoms with Crippen LogP contribution in [-0.4, -0.2) is 83.6 Å². The number of carbonyl (C=O) groups excluding carboxylic acids is 6. The molecule has 4 aliphatic rings. The standard InChI is InChI=1S/C31H50N6O6/c1-29(2,3)23(35-28(43)36-30(4,5)6)27(42)37-15-18-20(31(18,7)8)21(37)25(40)34-19(13-17-11-12-32-24(17)39)22(38)26(41)33-14-16-9-10-16/h16-21,23H,9-15H2,1-8H3,(H,32,39)(H,33,41)(H,34,40)(H2,35,36,43)/t17?,18-,19?,20-,21-,23?/m0/s1. The molecule has 0 bridgehead atoms. The monoisotopic (exact) mass is 602 g/mol. The average Bonchev–Trinajstić information content (AvgIpc) is 3.67. The molecule has 0 spiro atoms. The highest BCUT2D eigenvalue weighted by atomic mass is 16.2. The van der Waals surface area contributed by atoms with Gasteiger partial charge in [-0.2, -0.15) is 0 Å². The predicted octanol–water partition coefficient (Wildman–Crippen LogP) is 1.09. The number of nitrogens with one attached hydrogen (secondary N) is 5. The Morgan fingerprint density at radius 1 is 1.00 bits per heavy atom. The van der Waals surface area contributed by atoms with E-state index in [0.29, 0.717) is 32.0 Å². The number of fused-ring (bicyclic) bond motifs is 1. The lowest BCUT2D eigenvalue weighted by atomic mass is 9.85. The first-order valence-electron chi connectivity index (χ1n) is 15.6. The fourth-order valence-electron chi connectivity index (χ4n) is 6.58. The van der Waals surface area contributed by atoms with Crippen LogP contribution in [0.2, 0.25) is 0 Å². The molecule has 6 amide bonds. The van der Waals surface area contributed by atoms with Gasteiger partial charge in [-0.05, 0) is 75.0 Å². The lowest BCUT2D eigenvalue weighted by Crippen LogP contribution is -2.62. The van der Waals surface area contributed by atoms with Crippen molar-refractivity contribution >= 4 is 35.4 Å². The van der Waals surface area contributed by atoms with Gasteiger partial charge in [0, 0.05) is 31.1 Å². The lowest BCUT2D eigenvalue weighted by molar-refractivity contribution is -0.145. The molecule has 2 aliphatic carbocycles. The molecule has 2 saturated heterocycles. The number of hydrogen-bond donors (Lipinski definition) is 5. The topological polar surface area (TPSA) is 166 Å². The minimum absolute atomic E-state index is 0.00452. The molecule has 0 aromatic rings. The number of Topliss-reactive ketones (excluding diaryl/α,β-unsaturated/α-hetero) is 1. The van der Waals surface area contributed by atoms with E-state index in [1.807, 2.05) is 41.5 Å². The van der Waals surface area contributed by atoms with Crippen molar-refractivity contribution in [2.24, 2.45) is 34.5 Å². The summed E-state index contributed by atoms with van der Waals surface area (Å²) in [6.45, 7) is 16.4. The molecule has 12 heteroatoms. The maximum atomic E-state index is 14.1. The van der Waals surface area contributed by atoms with E-state index in [9.17, 15) is 28.8 Å². The van der Waals surface area contributed by atoms with E-state index in [0.717, 1.165) is 12.8 Å². The molecule has 2 saturated carbocycles. The normalized spacial score (nSPS) is 27.3. The van der Waals surface area contributed by atoms with E-state index < -0.39 is 58.6 Å². The van der Waals surface area contributed by atoms with Crippen molar-refractivity contribution < 1.29 is 28.8 Å². The van der Waals surface area contributed by atoms with E-state index >= 15 is 0 Å². The van der Waals surface area contributed by atoms with Crippen molar-refractivity contribution in [1.82, 2.24) is 31.5 Å². The highest BCUT2D eigenvalue weighted by molar-refractivity contribution is 6.38. The molecule has 12 nitrogen and oxygen atoms in total. The largest absolute Gasteiger partial charge is 0.356 e. The predicted molar refractivity (Wildman–Crippen MR) is 159 cm³/mol. The molecule has 5 N–H and O–H groups in total. The maximum absolute atomic E-state index is 14.1. The molecule has 0 aromatic heterocycles. The van der Waals surface area contributed by atoms with Gasteiger partial charge in [0.05, 0.1) is 6.04 Å². The van der Waals surface area contributed by atoms with Crippen LogP contribution in [0.4, 0.5) is 4.79 Å². The lowest BCUT2D eigenvalue weighted by Gasteiger charge is -2.38. The number of likely N-dealkylation sites (tertiary alicyclic amines) is 1. The molecule has 0 radical (unpaired) electrons. The number of rotatable bonds is 10. The van der Waals surface area contributed by atoms with Crippen LogP contribution in [0.3, 0.4) is 0 Å². The Hall–Kier alpha value is -3.18. The van der Waals surface area contributed by atoms with Gasteiger partial charge < -0.3 is 31.5 Å². The van der Waals surface area contributed by atoms with Gasteiger partial charge in [0.1, 0.15) is 12.1 Å². The van der Waals surface area contributed by atoms with Gasteiger partial charge in [0.2, 0.25) is 23.5 Å². The van der Waals surface area contributed by atoms with Crippen LogP contribution in [0, 0.1) is 34.5 Å². The molecule has 240 valence electrons. The van der Waals surface area contributed by atoms with Crippen molar-refractivity contribution in [3.8, 4) is 0 Å².